The molecule has 1 aromatic rings. The first-order chi connectivity index (χ1) is 9.94. The van der Waals surface area contributed by atoms with Crippen LogP contribution in [-0.2, 0) is 4.74 Å². The lowest BCUT2D eigenvalue weighted by molar-refractivity contribution is -0.174. The first-order valence-electron chi connectivity index (χ1n) is 7.07. The van der Waals surface area contributed by atoms with Crippen molar-refractivity contribution in [2.24, 2.45) is 0 Å². The van der Waals surface area contributed by atoms with E-state index in [0.717, 1.165) is 18.4 Å². The van der Waals surface area contributed by atoms with Crippen molar-refractivity contribution in [1.29, 1.82) is 0 Å². The molecule has 1 unspecified atom stereocenters. The Kier molecular flexibility index (Phi) is 5.58. The van der Waals surface area contributed by atoms with Crippen molar-refractivity contribution in [2.45, 2.75) is 37.4 Å². The summed E-state index contributed by atoms with van der Waals surface area (Å²) in [6.45, 7) is -0.515. The van der Waals surface area contributed by atoms with E-state index in [2.05, 4.69) is 10.1 Å². The van der Waals surface area contributed by atoms with Gasteiger partial charge in [-0.1, -0.05) is 12.1 Å². The van der Waals surface area contributed by atoms with Crippen LogP contribution in [0.25, 0.3) is 0 Å². The molecule has 0 saturated heterocycles. The molecule has 6 heteroatoms. The van der Waals surface area contributed by atoms with Crippen molar-refractivity contribution in [3.8, 4) is 0 Å². The first kappa shape index (κ1) is 16.2. The van der Waals surface area contributed by atoms with Gasteiger partial charge < -0.3 is 10.1 Å². The summed E-state index contributed by atoms with van der Waals surface area (Å²) in [4.78, 5) is 0. The van der Waals surface area contributed by atoms with Gasteiger partial charge in [0.2, 0.25) is 0 Å². The molecule has 1 aliphatic carbocycles. The SMILES string of the molecule is Fc1ccc(C(CCOCC(F)(F)F)CNC2CC2)cc1. The maximum absolute atomic E-state index is 12.9. The fourth-order valence-electron chi connectivity index (χ4n) is 2.13. The number of benzene rings is 1. The predicted octanol–water partition coefficient (Wildman–Crippen LogP) is 3.63. The third-order valence-electron chi connectivity index (χ3n) is 3.45. The molecular formula is C15H19F4NO. The molecule has 1 atom stereocenters. The van der Waals surface area contributed by atoms with Crippen LogP contribution in [0.15, 0.2) is 24.3 Å². The van der Waals surface area contributed by atoms with E-state index in [1.165, 1.54) is 12.1 Å². The van der Waals surface area contributed by atoms with Crippen molar-refractivity contribution < 1.29 is 22.3 Å². The molecule has 1 fully saturated rings. The van der Waals surface area contributed by atoms with Gasteiger partial charge in [-0.05, 0) is 42.9 Å². The van der Waals surface area contributed by atoms with Crippen LogP contribution < -0.4 is 5.32 Å². The van der Waals surface area contributed by atoms with Gasteiger partial charge >= 0.3 is 6.18 Å². The Morgan fingerprint density at radius 1 is 1.19 bits per heavy atom. The van der Waals surface area contributed by atoms with Gasteiger partial charge in [-0.15, -0.1) is 0 Å². The molecule has 0 bridgehead atoms. The van der Waals surface area contributed by atoms with Crippen LogP contribution in [0.1, 0.15) is 30.7 Å². The number of nitrogens with one attached hydrogen (secondary N) is 1. The Hall–Kier alpha value is -1.14. The topological polar surface area (TPSA) is 21.3 Å². The number of halogens is 4. The van der Waals surface area contributed by atoms with E-state index < -0.39 is 12.8 Å². The Bertz CT molecular complexity index is 428. The maximum Gasteiger partial charge on any atom is 0.411 e. The Morgan fingerprint density at radius 3 is 2.43 bits per heavy atom. The normalized spacial score (nSPS) is 17.0. The van der Waals surface area contributed by atoms with Gasteiger partial charge in [-0.3, -0.25) is 0 Å². The minimum absolute atomic E-state index is 0.0273. The summed E-state index contributed by atoms with van der Waals surface area (Å²) in [6.07, 6.45) is -1.54. The van der Waals surface area contributed by atoms with E-state index in [0.29, 0.717) is 19.0 Å². The fourth-order valence-corrected chi connectivity index (χ4v) is 2.13. The maximum atomic E-state index is 12.9. The molecule has 1 aliphatic rings. The molecule has 0 heterocycles. The number of hydrogen-bond donors (Lipinski definition) is 1. The lowest BCUT2D eigenvalue weighted by atomic mass is 9.96. The monoisotopic (exact) mass is 305 g/mol. The van der Waals surface area contributed by atoms with E-state index in [4.69, 9.17) is 0 Å². The lowest BCUT2D eigenvalue weighted by Crippen LogP contribution is -2.25. The molecule has 1 N–H and O–H groups in total. The Labute approximate surface area is 121 Å². The smallest absolute Gasteiger partial charge is 0.372 e. The average molecular weight is 305 g/mol. The zero-order valence-electron chi connectivity index (χ0n) is 11.6. The molecular weight excluding hydrogens is 286 g/mol. The summed E-state index contributed by atoms with van der Waals surface area (Å²) in [5, 5.41) is 3.36. The Morgan fingerprint density at radius 2 is 1.86 bits per heavy atom. The molecule has 0 aliphatic heterocycles. The summed E-state index contributed by atoms with van der Waals surface area (Å²) < 4.78 is 53.7. The molecule has 2 rings (SSSR count). The van der Waals surface area contributed by atoms with E-state index in [1.807, 2.05) is 0 Å². The quantitative estimate of drug-likeness (QED) is 0.585. The van der Waals surface area contributed by atoms with Gasteiger partial charge in [0.15, 0.2) is 0 Å². The predicted molar refractivity (Wildman–Crippen MR) is 71.7 cm³/mol. The van der Waals surface area contributed by atoms with Gasteiger partial charge in [0.25, 0.3) is 0 Å². The van der Waals surface area contributed by atoms with Crippen molar-refractivity contribution in [3.05, 3.63) is 35.6 Å². The second-order valence-corrected chi connectivity index (χ2v) is 5.39. The van der Waals surface area contributed by atoms with Gasteiger partial charge in [0.1, 0.15) is 12.4 Å². The van der Waals surface area contributed by atoms with E-state index in [-0.39, 0.29) is 18.3 Å². The zero-order valence-corrected chi connectivity index (χ0v) is 11.6. The van der Waals surface area contributed by atoms with Gasteiger partial charge in [-0.2, -0.15) is 13.2 Å². The Balaban J connectivity index is 1.83. The summed E-state index contributed by atoms with van der Waals surface area (Å²) in [6, 6.07) is 6.62. The fraction of sp³-hybridized carbons (Fsp3) is 0.600. The molecule has 0 amide bonds. The van der Waals surface area contributed by atoms with Crippen molar-refractivity contribution in [3.63, 3.8) is 0 Å². The van der Waals surface area contributed by atoms with Crippen molar-refractivity contribution in [2.75, 3.05) is 19.8 Å². The molecule has 2 nitrogen and oxygen atoms in total. The highest BCUT2D eigenvalue weighted by molar-refractivity contribution is 5.21. The minimum Gasteiger partial charge on any atom is -0.372 e. The number of hydrogen-bond acceptors (Lipinski definition) is 2. The highest BCUT2D eigenvalue weighted by Crippen LogP contribution is 2.24. The lowest BCUT2D eigenvalue weighted by Gasteiger charge is -2.18. The summed E-state index contributed by atoms with van der Waals surface area (Å²) in [5.74, 6) is -0.291. The number of rotatable bonds is 8. The molecule has 0 radical (unpaired) electrons. The number of ether oxygens (including phenoxy) is 1. The molecule has 0 aromatic heterocycles. The molecule has 0 spiro atoms. The van der Waals surface area contributed by atoms with Crippen LogP contribution in [0, 0.1) is 5.82 Å². The van der Waals surface area contributed by atoms with E-state index >= 15 is 0 Å². The molecule has 1 aromatic carbocycles. The number of alkyl halides is 3. The first-order valence-corrected chi connectivity index (χ1v) is 7.07. The second kappa shape index (κ2) is 7.22. The van der Waals surface area contributed by atoms with E-state index in [9.17, 15) is 17.6 Å². The third kappa shape index (κ3) is 6.44. The minimum atomic E-state index is -4.29. The van der Waals surface area contributed by atoms with Crippen molar-refractivity contribution in [1.82, 2.24) is 5.32 Å². The standard InChI is InChI=1S/C15H19F4NO/c16-13-3-1-11(2-4-13)12(9-20-14-5-6-14)7-8-21-10-15(17,18)19/h1-4,12,14,20H,5-10H2. The summed E-state index contributed by atoms with van der Waals surface area (Å²) >= 11 is 0. The van der Waals surface area contributed by atoms with Crippen LogP contribution in [0.4, 0.5) is 17.6 Å². The highest BCUT2D eigenvalue weighted by atomic mass is 19.4. The molecule has 21 heavy (non-hydrogen) atoms. The second-order valence-electron chi connectivity index (χ2n) is 5.39. The van der Waals surface area contributed by atoms with Crippen LogP contribution in [-0.4, -0.2) is 32.0 Å². The van der Waals surface area contributed by atoms with Crippen molar-refractivity contribution >= 4 is 0 Å². The summed E-state index contributed by atoms with van der Waals surface area (Å²) in [5.41, 5.74) is 0.917. The van der Waals surface area contributed by atoms with Gasteiger partial charge in [0, 0.05) is 19.2 Å². The summed E-state index contributed by atoms with van der Waals surface area (Å²) in [7, 11) is 0. The highest BCUT2D eigenvalue weighted by Gasteiger charge is 2.27. The molecule has 118 valence electrons. The molecule has 1 saturated carbocycles. The van der Waals surface area contributed by atoms with Crippen LogP contribution >= 0.6 is 0 Å². The van der Waals surface area contributed by atoms with E-state index in [1.54, 1.807) is 12.1 Å². The van der Waals surface area contributed by atoms with Crippen LogP contribution in [0.5, 0.6) is 0 Å². The third-order valence-corrected chi connectivity index (χ3v) is 3.45. The van der Waals surface area contributed by atoms with Crippen LogP contribution in [0.2, 0.25) is 0 Å². The largest absolute Gasteiger partial charge is 0.411 e. The zero-order chi connectivity index (χ0) is 15.3. The van der Waals surface area contributed by atoms with Gasteiger partial charge in [-0.25, -0.2) is 4.39 Å². The van der Waals surface area contributed by atoms with Gasteiger partial charge in [0.05, 0.1) is 0 Å². The van der Waals surface area contributed by atoms with Crippen LogP contribution in [0.3, 0.4) is 0 Å². The average Bonchev–Trinajstić information content (AvgIpc) is 3.22.